The van der Waals surface area contributed by atoms with Gasteiger partial charge in [0.15, 0.2) is 0 Å². The van der Waals surface area contributed by atoms with E-state index in [9.17, 15) is 0 Å². The van der Waals surface area contributed by atoms with Gasteiger partial charge in [0.25, 0.3) is 0 Å². The maximum atomic E-state index is 4.23. The molecule has 0 fully saturated rings. The zero-order chi connectivity index (χ0) is 12.9. The van der Waals surface area contributed by atoms with Crippen molar-refractivity contribution >= 4 is 11.9 Å². The van der Waals surface area contributed by atoms with Crippen molar-refractivity contribution in [1.82, 2.24) is 9.49 Å². The zero-order valence-corrected chi connectivity index (χ0v) is 11.6. The van der Waals surface area contributed by atoms with Gasteiger partial charge in [0.1, 0.15) is 5.69 Å². The van der Waals surface area contributed by atoms with Crippen LogP contribution in [-0.4, -0.2) is 45.5 Å². The first-order chi connectivity index (χ1) is 8.01. The third-order valence-corrected chi connectivity index (χ3v) is 3.35. The van der Waals surface area contributed by atoms with Crippen molar-refractivity contribution in [3.8, 4) is 0 Å². The van der Waals surface area contributed by atoms with Gasteiger partial charge in [-0.25, -0.2) is 0 Å². The molecule has 0 saturated carbocycles. The van der Waals surface area contributed by atoms with E-state index in [1.807, 2.05) is 20.3 Å². The van der Waals surface area contributed by atoms with Gasteiger partial charge in [0, 0.05) is 14.1 Å². The third-order valence-electron chi connectivity index (χ3n) is 3.35. The summed E-state index contributed by atoms with van der Waals surface area (Å²) < 4.78 is 0.977. The average molecular weight is 234 g/mol. The summed E-state index contributed by atoms with van der Waals surface area (Å²) in [5.74, 6) is 0. The van der Waals surface area contributed by atoms with Crippen LogP contribution < -0.4 is 4.48 Å². The number of hydrogen-bond acceptors (Lipinski definition) is 2. The molecule has 0 aliphatic rings. The van der Waals surface area contributed by atoms with Crippen LogP contribution in [0, 0.1) is 0 Å². The van der Waals surface area contributed by atoms with Gasteiger partial charge in [-0.1, -0.05) is 0 Å². The SMILES string of the molecule is CC[N+](C)(CC)c1ccc(C=NN(C)C)cc1. The van der Waals surface area contributed by atoms with E-state index < -0.39 is 0 Å². The van der Waals surface area contributed by atoms with Gasteiger partial charge >= 0.3 is 0 Å². The number of rotatable bonds is 5. The maximum Gasteiger partial charge on any atom is 0.132 e. The molecule has 0 aliphatic heterocycles. The summed E-state index contributed by atoms with van der Waals surface area (Å²) in [7, 11) is 6.11. The summed E-state index contributed by atoms with van der Waals surface area (Å²) >= 11 is 0. The van der Waals surface area contributed by atoms with E-state index in [0.29, 0.717) is 0 Å². The van der Waals surface area contributed by atoms with Gasteiger partial charge in [-0.3, -0.25) is 4.48 Å². The molecule has 3 nitrogen and oxygen atoms in total. The van der Waals surface area contributed by atoms with Crippen LogP contribution in [0.4, 0.5) is 5.69 Å². The van der Waals surface area contributed by atoms with E-state index in [0.717, 1.165) is 23.1 Å². The van der Waals surface area contributed by atoms with Crippen molar-refractivity contribution in [3.63, 3.8) is 0 Å². The molecule has 3 heteroatoms. The van der Waals surface area contributed by atoms with Crippen LogP contribution in [0.5, 0.6) is 0 Å². The average Bonchev–Trinajstić information content (AvgIpc) is 2.36. The highest BCUT2D eigenvalue weighted by atomic mass is 15.4. The first kappa shape index (κ1) is 13.7. The molecule has 0 spiro atoms. The molecule has 1 aromatic rings. The van der Waals surface area contributed by atoms with E-state index >= 15 is 0 Å². The van der Waals surface area contributed by atoms with Gasteiger partial charge in [-0.05, 0) is 43.7 Å². The Balaban J connectivity index is 2.88. The Kier molecular flexibility index (Phi) is 4.70. The van der Waals surface area contributed by atoms with Gasteiger partial charge in [-0.15, -0.1) is 0 Å². The quantitative estimate of drug-likeness (QED) is 0.434. The second-order valence-corrected chi connectivity index (χ2v) is 4.71. The number of hydrazone groups is 1. The molecule has 0 unspecified atom stereocenters. The molecule has 0 radical (unpaired) electrons. The predicted octanol–water partition coefficient (Wildman–Crippen LogP) is 2.56. The fourth-order valence-corrected chi connectivity index (χ4v) is 1.69. The van der Waals surface area contributed by atoms with E-state index in [1.165, 1.54) is 5.69 Å². The molecular weight excluding hydrogens is 210 g/mol. The summed E-state index contributed by atoms with van der Waals surface area (Å²) in [4.78, 5) is 0. The van der Waals surface area contributed by atoms with Crippen molar-refractivity contribution in [2.75, 3.05) is 34.2 Å². The van der Waals surface area contributed by atoms with E-state index in [-0.39, 0.29) is 0 Å². The number of benzene rings is 1. The van der Waals surface area contributed by atoms with Gasteiger partial charge in [0.2, 0.25) is 0 Å². The van der Waals surface area contributed by atoms with E-state index in [2.05, 4.69) is 50.3 Å². The van der Waals surface area contributed by atoms with Crippen LogP contribution in [0.3, 0.4) is 0 Å². The Morgan fingerprint density at radius 3 is 2.06 bits per heavy atom. The summed E-state index contributed by atoms with van der Waals surface area (Å²) in [6, 6.07) is 8.66. The molecule has 0 saturated heterocycles. The number of quaternary nitrogens is 1. The standard InChI is InChI=1S/C14H24N3/c1-6-17(5,7-2)14-10-8-13(9-11-14)12-15-16(3)4/h8-12H,6-7H2,1-5H3/q+1. The summed E-state index contributed by atoms with van der Waals surface area (Å²) in [6.45, 7) is 6.68. The Bertz CT molecular complexity index is 362. The molecule has 0 bridgehead atoms. The lowest BCUT2D eigenvalue weighted by atomic mass is 10.2. The first-order valence-electron chi connectivity index (χ1n) is 6.18. The Morgan fingerprint density at radius 2 is 1.65 bits per heavy atom. The van der Waals surface area contributed by atoms with Gasteiger partial charge in [-0.2, -0.15) is 5.10 Å². The van der Waals surface area contributed by atoms with E-state index in [1.54, 1.807) is 5.01 Å². The minimum Gasteiger partial charge on any atom is -0.303 e. The van der Waals surface area contributed by atoms with Gasteiger partial charge < -0.3 is 5.01 Å². The minimum atomic E-state index is 0.977. The Hall–Kier alpha value is -1.35. The molecule has 0 heterocycles. The molecule has 17 heavy (non-hydrogen) atoms. The normalized spacial score (nSPS) is 12.1. The minimum absolute atomic E-state index is 0.977. The lowest BCUT2D eigenvalue weighted by molar-refractivity contribution is 0.365. The highest BCUT2D eigenvalue weighted by Crippen LogP contribution is 2.20. The molecular formula is C14H24N3+. The highest BCUT2D eigenvalue weighted by molar-refractivity contribution is 5.79. The van der Waals surface area contributed by atoms with Crippen molar-refractivity contribution in [2.45, 2.75) is 13.8 Å². The third kappa shape index (κ3) is 3.56. The van der Waals surface area contributed by atoms with Crippen molar-refractivity contribution in [1.29, 1.82) is 0 Å². The largest absolute Gasteiger partial charge is 0.303 e. The van der Waals surface area contributed by atoms with Crippen molar-refractivity contribution in [2.24, 2.45) is 5.10 Å². The molecule has 0 atom stereocenters. The van der Waals surface area contributed by atoms with Crippen LogP contribution in [0.25, 0.3) is 0 Å². The molecule has 0 aliphatic carbocycles. The van der Waals surface area contributed by atoms with Crippen LogP contribution >= 0.6 is 0 Å². The molecule has 1 rings (SSSR count). The van der Waals surface area contributed by atoms with E-state index in [4.69, 9.17) is 0 Å². The van der Waals surface area contributed by atoms with Crippen LogP contribution in [-0.2, 0) is 0 Å². The molecule has 0 amide bonds. The van der Waals surface area contributed by atoms with Gasteiger partial charge in [0.05, 0.1) is 26.4 Å². The number of hydrogen-bond donors (Lipinski definition) is 0. The number of nitrogens with zero attached hydrogens (tertiary/aromatic N) is 3. The van der Waals surface area contributed by atoms with Crippen LogP contribution in [0.2, 0.25) is 0 Å². The molecule has 1 aromatic carbocycles. The maximum absolute atomic E-state index is 4.23. The second kappa shape index (κ2) is 5.82. The lowest BCUT2D eigenvalue weighted by Gasteiger charge is -2.31. The topological polar surface area (TPSA) is 15.6 Å². The van der Waals surface area contributed by atoms with Crippen molar-refractivity contribution < 1.29 is 0 Å². The summed E-state index contributed by atoms with van der Waals surface area (Å²) in [5.41, 5.74) is 2.50. The van der Waals surface area contributed by atoms with Crippen molar-refractivity contribution in [3.05, 3.63) is 29.8 Å². The van der Waals surface area contributed by atoms with Crippen LogP contribution in [0.1, 0.15) is 19.4 Å². The predicted molar refractivity (Wildman–Crippen MR) is 76.5 cm³/mol. The molecule has 94 valence electrons. The monoisotopic (exact) mass is 234 g/mol. The molecule has 0 aromatic heterocycles. The first-order valence-corrected chi connectivity index (χ1v) is 6.18. The zero-order valence-electron chi connectivity index (χ0n) is 11.6. The second-order valence-electron chi connectivity index (χ2n) is 4.71. The fourth-order valence-electron chi connectivity index (χ4n) is 1.69. The Morgan fingerprint density at radius 1 is 1.12 bits per heavy atom. The Labute approximate surface area is 105 Å². The highest BCUT2D eigenvalue weighted by Gasteiger charge is 2.19. The van der Waals surface area contributed by atoms with Crippen LogP contribution in [0.15, 0.2) is 29.4 Å². The smallest absolute Gasteiger partial charge is 0.132 e. The lowest BCUT2D eigenvalue weighted by Crippen LogP contribution is -2.44. The summed E-state index contributed by atoms with van der Waals surface area (Å²) in [6.07, 6.45) is 1.88. The molecule has 0 N–H and O–H groups in total. The fraction of sp³-hybridized carbons (Fsp3) is 0.500. The summed E-state index contributed by atoms with van der Waals surface area (Å²) in [5, 5.41) is 6.03.